The molecule has 10 rings (SSSR count). The molecular formula is C49H45F8O7S3Sb. The van der Waals surface area contributed by atoms with Crippen molar-refractivity contribution in [2.75, 3.05) is 7.11 Å². The van der Waals surface area contributed by atoms with Crippen molar-refractivity contribution in [3.63, 3.8) is 0 Å². The number of esters is 1. The number of carbonyl (C=O) groups excluding carboxylic acids is 2. The summed E-state index contributed by atoms with van der Waals surface area (Å²) in [6.45, 7) is 0. The van der Waals surface area contributed by atoms with Crippen LogP contribution in [0.4, 0.5) is 25.7 Å². The molecule has 0 radical (unpaired) electrons. The minimum absolute atomic E-state index is 0.0146. The van der Waals surface area contributed by atoms with Gasteiger partial charge in [0.1, 0.15) is 17.1 Å². The van der Waals surface area contributed by atoms with Crippen molar-refractivity contribution in [2.45, 2.75) is 72.3 Å². The summed E-state index contributed by atoms with van der Waals surface area (Å²) in [7, 11) is -4.52. The number of Topliss-reactive ketones (excluding diaryl/α,β-unsaturated/α-hetero) is 1. The molecule has 0 heterocycles. The molecule has 6 aromatic rings. The fraction of sp³-hybridized carbons (Fsp3) is 0.224. The number of methoxy groups -OCH3 is 1. The van der Waals surface area contributed by atoms with Gasteiger partial charge in [-0.05, 0) is 123 Å². The Bertz CT molecular complexity index is 2570. The molecule has 68 heavy (non-hydrogen) atoms. The van der Waals surface area contributed by atoms with Gasteiger partial charge in [-0.25, -0.2) is 13.2 Å². The second-order valence-corrected chi connectivity index (χ2v) is 27.0. The monoisotopic (exact) mass is 1110 g/mol. The van der Waals surface area contributed by atoms with Crippen molar-refractivity contribution in [3.8, 4) is 5.75 Å². The van der Waals surface area contributed by atoms with E-state index in [2.05, 4.69) is 164 Å². The van der Waals surface area contributed by atoms with E-state index in [-0.39, 0.29) is 58.2 Å². The number of ether oxygens (including phenoxy) is 2. The molecule has 4 fully saturated rings. The summed E-state index contributed by atoms with van der Waals surface area (Å²) in [5.41, 5.74) is -1.23. The molecule has 362 valence electrons. The van der Waals surface area contributed by atoms with Crippen LogP contribution in [0.25, 0.3) is 0 Å². The van der Waals surface area contributed by atoms with Crippen LogP contribution in [-0.4, -0.2) is 62.2 Å². The van der Waals surface area contributed by atoms with Crippen molar-refractivity contribution < 1.29 is 57.7 Å². The molecule has 6 aromatic carbocycles. The number of alkyl halides is 2. The molecule has 2 atom stereocenters. The van der Waals surface area contributed by atoms with Gasteiger partial charge in [0.2, 0.25) is 0 Å². The molecule has 0 spiro atoms. The van der Waals surface area contributed by atoms with Gasteiger partial charge in [0, 0.05) is 11.8 Å². The maximum atomic E-state index is 13.2. The second kappa shape index (κ2) is 20.6. The summed E-state index contributed by atoms with van der Waals surface area (Å²) < 4.78 is 127. The number of benzene rings is 6. The number of ketones is 1. The molecular weight excluding hydrogens is 1070 g/mol. The van der Waals surface area contributed by atoms with Crippen molar-refractivity contribution in [2.24, 2.45) is 17.8 Å². The van der Waals surface area contributed by atoms with Crippen LogP contribution in [0.3, 0.4) is 0 Å². The number of hydrogen-bond donors (Lipinski definition) is 0. The summed E-state index contributed by atoms with van der Waals surface area (Å²) in [5.74, 6) is -1.88. The zero-order valence-electron chi connectivity index (χ0n) is 36.1. The number of carbonyl (C=O) groups is 2. The average Bonchev–Trinajstić information content (AvgIpc) is 3.29. The molecule has 0 aliphatic heterocycles. The molecule has 4 aliphatic rings. The third-order valence-corrected chi connectivity index (χ3v) is 16.2. The molecule has 0 N–H and O–H groups in total. The van der Waals surface area contributed by atoms with E-state index in [4.69, 9.17) is 9.47 Å². The van der Waals surface area contributed by atoms with Gasteiger partial charge in [-0.3, -0.25) is 4.79 Å². The Morgan fingerprint density at radius 1 is 0.574 bits per heavy atom. The first-order valence-electron chi connectivity index (χ1n) is 20.9. The van der Waals surface area contributed by atoms with Gasteiger partial charge in [-0.15, -0.1) is 0 Å². The van der Waals surface area contributed by atoms with Crippen molar-refractivity contribution in [3.05, 3.63) is 176 Å². The Morgan fingerprint density at radius 3 is 1.15 bits per heavy atom. The first-order valence-corrected chi connectivity index (χ1v) is 30.5. The Labute approximate surface area is 397 Å². The molecule has 7 nitrogen and oxygen atoms in total. The maximum Gasteiger partial charge on any atom is 0.166 e. The number of hydrogen-bond acceptors (Lipinski definition) is 7. The van der Waals surface area contributed by atoms with Crippen LogP contribution in [0.1, 0.15) is 32.1 Å². The van der Waals surface area contributed by atoms with Crippen LogP contribution >= 0.6 is 0 Å². The smallest absolute Gasteiger partial charge is 0.0619 e. The van der Waals surface area contributed by atoms with E-state index in [1.54, 1.807) is 7.11 Å². The molecule has 0 amide bonds. The third kappa shape index (κ3) is 14.8. The third-order valence-electron chi connectivity index (χ3n) is 11.0. The van der Waals surface area contributed by atoms with E-state index in [1.165, 1.54) is 29.4 Å². The van der Waals surface area contributed by atoms with Crippen molar-refractivity contribution in [1.29, 1.82) is 0 Å². The van der Waals surface area contributed by atoms with Crippen LogP contribution in [0.15, 0.2) is 205 Å². The Kier molecular flexibility index (Phi) is 15.9. The topological polar surface area (TPSA) is 110 Å². The van der Waals surface area contributed by atoms with Gasteiger partial charge in [0.25, 0.3) is 0 Å². The predicted octanol–water partition coefficient (Wildman–Crippen LogP) is 12.5. The quantitative estimate of drug-likeness (QED) is 0.0442. The Balaban J connectivity index is 0.000000157. The van der Waals surface area contributed by atoms with E-state index in [9.17, 15) is 48.2 Å². The van der Waals surface area contributed by atoms with Crippen molar-refractivity contribution >= 4 is 63.1 Å². The second-order valence-electron chi connectivity index (χ2n) is 16.1. The van der Waals surface area contributed by atoms with Crippen molar-refractivity contribution in [1.82, 2.24) is 0 Å². The zero-order valence-corrected chi connectivity index (χ0v) is 41.1. The van der Waals surface area contributed by atoms with Gasteiger partial charge in [0.15, 0.2) is 39.5 Å². The Morgan fingerprint density at radius 2 is 0.868 bits per heavy atom. The van der Waals surface area contributed by atoms with E-state index < -0.39 is 46.4 Å². The largest absolute Gasteiger partial charge is 0.166 e. The number of halogens is 8. The van der Waals surface area contributed by atoms with Gasteiger partial charge in [0.05, 0.1) is 28.9 Å². The molecule has 4 saturated carbocycles. The summed E-state index contributed by atoms with van der Waals surface area (Å²) in [6, 6.07) is 61.8. The van der Waals surface area contributed by atoms with E-state index in [0.29, 0.717) is 19.3 Å². The summed E-state index contributed by atoms with van der Waals surface area (Å²) in [6.07, 6.45) is 1.93. The fourth-order valence-corrected chi connectivity index (χ4v) is 12.9. The number of rotatable bonds is 10. The predicted molar refractivity (Wildman–Crippen MR) is 244 cm³/mol. The van der Waals surface area contributed by atoms with Crippen LogP contribution < -0.4 is 4.74 Å². The first kappa shape index (κ1) is 52.5. The zero-order chi connectivity index (χ0) is 49.4. The minimum Gasteiger partial charge on any atom is -0.0619 e. The molecule has 4 aliphatic carbocycles. The van der Waals surface area contributed by atoms with Gasteiger partial charge in [-0.2, -0.15) is 8.78 Å². The van der Waals surface area contributed by atoms with Gasteiger partial charge < -0.3 is 14.0 Å². The maximum absolute atomic E-state index is 13.2. The fourth-order valence-electron chi connectivity index (χ4n) is 8.47. The first-order chi connectivity index (χ1) is 31.8. The SMILES string of the molecule is COc1ccc([S+](c2ccccc2)c2ccccc2)cc1.O=C1C2CC3CC1CC(OC(=O)C(F)(F)S(=O)(=O)[O-])(C3)C2.[F][Sb-]([F])([F])([F])([F])[F].c1ccc([S+](c2ccccc2)c2ccccc2)cc1. The van der Waals surface area contributed by atoms with Crippen LogP contribution in [0.5, 0.6) is 5.75 Å². The molecule has 19 heteroatoms. The molecule has 0 aromatic heterocycles. The summed E-state index contributed by atoms with van der Waals surface area (Å²) in [5, 5.41) is -5.10. The van der Waals surface area contributed by atoms with Gasteiger partial charge in [-0.1, -0.05) is 91.0 Å². The van der Waals surface area contributed by atoms with Crippen LogP contribution in [0, 0.1) is 17.8 Å². The van der Waals surface area contributed by atoms with E-state index >= 15 is 0 Å². The Hall–Kier alpha value is -4.87. The summed E-state index contributed by atoms with van der Waals surface area (Å²) in [4.78, 5) is 31.4. The molecule has 4 bridgehead atoms. The standard InChI is InChI=1S/C19H17OS.C18H15S.C12H14F2O6S.6FH.Sb/c1-20-16-12-14-19(15-13-16)21(17-8-4-2-5-9-17)18-10-6-3-7-11-18;1-4-10-16(11-5-1)19(17-12-6-2-7-13-17)18-14-8-3-9-15-18;13-12(14,21(17,18)19)10(16)20-11-3-6-1-7(4-11)9(15)8(2-6)5-11;;;;;;;/h2-15H,1H3;1-15H;6-8H,1-5H2,(H,17,18,19);6*1H;/q2*+1;;;;;;;;+5/p-7. The van der Waals surface area contributed by atoms with E-state index in [1.807, 2.05) is 12.1 Å². The van der Waals surface area contributed by atoms with Crippen LogP contribution in [-0.2, 0) is 46.2 Å². The van der Waals surface area contributed by atoms with Crippen LogP contribution in [0.2, 0.25) is 0 Å². The van der Waals surface area contributed by atoms with Gasteiger partial charge >= 0.3 is 47.6 Å². The normalized spacial score (nSPS) is 20.5. The van der Waals surface area contributed by atoms with E-state index in [0.717, 1.165) is 5.75 Å². The molecule has 2 unspecified atom stereocenters. The average molecular weight is 1120 g/mol. The summed E-state index contributed by atoms with van der Waals surface area (Å²) >= 11 is -11.2. The minimum atomic E-state index is -11.2. The molecule has 0 saturated heterocycles.